The molecule has 0 fully saturated rings. The maximum atomic E-state index is 12.2. The number of hydrogen-bond acceptors (Lipinski definition) is 4. The molecule has 4 nitrogen and oxygen atoms in total. The Balaban J connectivity index is 3.26. The molecule has 0 saturated heterocycles. The molecule has 76 valence electrons. The molecule has 1 aromatic rings. The second-order valence-electron chi connectivity index (χ2n) is 2.51. The summed E-state index contributed by atoms with van der Waals surface area (Å²) in [5, 5.41) is 16.7. The van der Waals surface area contributed by atoms with E-state index in [1.807, 2.05) is 0 Å². The minimum atomic E-state index is -4.64. The Morgan fingerprint density at radius 1 is 1.27 bits per heavy atom. The first-order chi connectivity index (χ1) is 6.97. The molecule has 0 bridgehead atoms. The minimum absolute atomic E-state index is 0.114. The molecule has 0 aliphatic heterocycles. The van der Waals surface area contributed by atoms with Gasteiger partial charge >= 0.3 is 6.18 Å². The summed E-state index contributed by atoms with van der Waals surface area (Å²) < 4.78 is 36.7. The van der Waals surface area contributed by atoms with Crippen LogP contribution in [0.15, 0.2) is 6.07 Å². The first-order valence-electron chi connectivity index (χ1n) is 3.69. The molecule has 0 radical (unpaired) electrons. The third kappa shape index (κ3) is 2.64. The average molecular weight is 212 g/mol. The van der Waals surface area contributed by atoms with Crippen molar-refractivity contribution in [3.05, 3.63) is 23.3 Å². The lowest BCUT2D eigenvalue weighted by Crippen LogP contribution is -2.11. The van der Waals surface area contributed by atoms with Gasteiger partial charge < -0.3 is 0 Å². The second-order valence-corrected chi connectivity index (χ2v) is 2.51. The summed E-state index contributed by atoms with van der Waals surface area (Å²) >= 11 is 0. The fourth-order valence-electron chi connectivity index (χ4n) is 0.864. The molecule has 1 heterocycles. The fraction of sp³-hybridized carbons (Fsp3) is 0.250. The smallest absolute Gasteiger partial charge is 0.223 e. The van der Waals surface area contributed by atoms with Gasteiger partial charge in [-0.2, -0.15) is 23.7 Å². The zero-order valence-electron chi connectivity index (χ0n) is 7.21. The van der Waals surface area contributed by atoms with Crippen LogP contribution >= 0.6 is 0 Å². The Kier molecular flexibility index (Phi) is 2.86. The Labute approximate surface area is 82.6 Å². The molecule has 0 amide bonds. The molecule has 0 spiro atoms. The summed E-state index contributed by atoms with van der Waals surface area (Å²) in [5.41, 5.74) is -1.32. The summed E-state index contributed by atoms with van der Waals surface area (Å²) in [6.45, 7) is 0. The second kappa shape index (κ2) is 3.93. The number of rotatable bonds is 1. The number of halogens is 3. The van der Waals surface area contributed by atoms with Gasteiger partial charge in [0.25, 0.3) is 0 Å². The molecule has 0 aliphatic carbocycles. The molecule has 7 heteroatoms. The van der Waals surface area contributed by atoms with E-state index in [4.69, 9.17) is 10.5 Å². The topological polar surface area (TPSA) is 73.4 Å². The Morgan fingerprint density at radius 2 is 1.93 bits per heavy atom. The van der Waals surface area contributed by atoms with Crippen molar-refractivity contribution >= 4 is 0 Å². The van der Waals surface area contributed by atoms with Crippen molar-refractivity contribution in [3.8, 4) is 12.1 Å². The van der Waals surface area contributed by atoms with E-state index >= 15 is 0 Å². The summed E-state index contributed by atoms with van der Waals surface area (Å²) in [6.07, 6.45) is -4.93. The monoisotopic (exact) mass is 212 g/mol. The normalized spacial score (nSPS) is 10.5. The number of hydrogen-bond donors (Lipinski definition) is 0. The van der Waals surface area contributed by atoms with Crippen LogP contribution in [0.2, 0.25) is 0 Å². The van der Waals surface area contributed by atoms with Crippen molar-refractivity contribution in [3.63, 3.8) is 0 Å². The van der Waals surface area contributed by atoms with Gasteiger partial charge in [-0.1, -0.05) is 0 Å². The third-order valence-electron chi connectivity index (χ3n) is 1.43. The first-order valence-corrected chi connectivity index (χ1v) is 3.69. The highest BCUT2D eigenvalue weighted by Crippen LogP contribution is 2.27. The van der Waals surface area contributed by atoms with Gasteiger partial charge in [-0.05, 0) is 6.07 Å². The molecule has 15 heavy (non-hydrogen) atoms. The number of alkyl halides is 3. The van der Waals surface area contributed by atoms with E-state index in [-0.39, 0.29) is 12.1 Å². The van der Waals surface area contributed by atoms with Gasteiger partial charge in [-0.15, -0.1) is 0 Å². The van der Waals surface area contributed by atoms with Crippen molar-refractivity contribution in [1.82, 2.24) is 9.97 Å². The van der Waals surface area contributed by atoms with Gasteiger partial charge in [-0.25, -0.2) is 9.97 Å². The van der Waals surface area contributed by atoms with E-state index in [2.05, 4.69) is 9.97 Å². The zero-order chi connectivity index (χ0) is 11.5. The maximum Gasteiger partial charge on any atom is 0.433 e. The van der Waals surface area contributed by atoms with E-state index in [0.29, 0.717) is 6.07 Å². The highest BCUT2D eigenvalue weighted by molar-refractivity contribution is 5.21. The van der Waals surface area contributed by atoms with Crippen LogP contribution in [-0.2, 0) is 12.6 Å². The summed E-state index contributed by atoms with van der Waals surface area (Å²) in [6, 6.07) is 3.71. The summed E-state index contributed by atoms with van der Waals surface area (Å²) in [4.78, 5) is 6.46. The fourth-order valence-corrected chi connectivity index (χ4v) is 0.864. The Hall–Kier alpha value is -2.15. The van der Waals surface area contributed by atoms with E-state index in [1.165, 1.54) is 6.07 Å². The zero-order valence-corrected chi connectivity index (χ0v) is 7.21. The van der Waals surface area contributed by atoms with Gasteiger partial charge in [0.05, 0.1) is 18.2 Å². The highest BCUT2D eigenvalue weighted by atomic mass is 19.4. The predicted molar refractivity (Wildman–Crippen MR) is 41.1 cm³/mol. The van der Waals surface area contributed by atoms with Crippen LogP contribution in [-0.4, -0.2) is 9.97 Å². The molecule has 0 unspecified atom stereocenters. The first kappa shape index (κ1) is 10.9. The van der Waals surface area contributed by atoms with Crippen LogP contribution in [0.25, 0.3) is 0 Å². The molecule has 1 rings (SSSR count). The lowest BCUT2D eigenvalue weighted by Gasteiger charge is -2.06. The van der Waals surface area contributed by atoms with Crippen LogP contribution in [0.5, 0.6) is 0 Å². The highest BCUT2D eigenvalue weighted by Gasteiger charge is 2.33. The summed E-state index contributed by atoms with van der Waals surface area (Å²) in [7, 11) is 0. The van der Waals surface area contributed by atoms with Gasteiger partial charge in [0.15, 0.2) is 0 Å². The predicted octanol–water partition coefficient (Wildman–Crippen LogP) is 1.43. The molecule has 0 N–H and O–H groups in total. The summed E-state index contributed by atoms with van der Waals surface area (Å²) in [5.74, 6) is -0.588. The van der Waals surface area contributed by atoms with E-state index in [1.54, 1.807) is 6.07 Å². The molecular weight excluding hydrogens is 209 g/mol. The molecule has 0 aliphatic rings. The van der Waals surface area contributed by atoms with Crippen molar-refractivity contribution in [2.75, 3.05) is 0 Å². The molecular formula is C8H3F3N4. The van der Waals surface area contributed by atoms with Crippen LogP contribution in [0.3, 0.4) is 0 Å². The van der Waals surface area contributed by atoms with Gasteiger partial charge in [0, 0.05) is 0 Å². The van der Waals surface area contributed by atoms with Gasteiger partial charge in [0.1, 0.15) is 11.8 Å². The Bertz CT molecular complexity index is 452. The maximum absolute atomic E-state index is 12.2. The lowest BCUT2D eigenvalue weighted by atomic mass is 10.2. The minimum Gasteiger partial charge on any atom is -0.223 e. The van der Waals surface area contributed by atoms with Gasteiger partial charge in [0.2, 0.25) is 5.82 Å². The van der Waals surface area contributed by atoms with E-state index in [9.17, 15) is 13.2 Å². The lowest BCUT2D eigenvalue weighted by molar-refractivity contribution is -0.141. The molecule has 0 aromatic carbocycles. The van der Waals surface area contributed by atoms with Crippen molar-refractivity contribution < 1.29 is 13.2 Å². The van der Waals surface area contributed by atoms with Crippen LogP contribution < -0.4 is 0 Å². The van der Waals surface area contributed by atoms with Crippen molar-refractivity contribution in [2.45, 2.75) is 12.6 Å². The number of aromatic nitrogens is 2. The van der Waals surface area contributed by atoms with Crippen molar-refractivity contribution in [1.29, 1.82) is 10.5 Å². The number of nitriles is 2. The Morgan fingerprint density at radius 3 is 2.40 bits per heavy atom. The molecule has 0 saturated carbocycles. The molecule has 1 aromatic heterocycles. The largest absolute Gasteiger partial charge is 0.433 e. The van der Waals surface area contributed by atoms with Crippen LogP contribution in [0.1, 0.15) is 17.2 Å². The van der Waals surface area contributed by atoms with Crippen LogP contribution in [0, 0.1) is 22.7 Å². The quantitative estimate of drug-likeness (QED) is 0.705. The van der Waals surface area contributed by atoms with Crippen LogP contribution in [0.4, 0.5) is 13.2 Å². The SMILES string of the molecule is N#CCc1cc(C(F)(F)F)nc(C#N)n1. The van der Waals surface area contributed by atoms with Crippen molar-refractivity contribution in [2.24, 2.45) is 0 Å². The van der Waals surface area contributed by atoms with Gasteiger partial charge in [-0.3, -0.25) is 0 Å². The van der Waals surface area contributed by atoms with E-state index < -0.39 is 17.7 Å². The van der Waals surface area contributed by atoms with E-state index in [0.717, 1.165) is 0 Å². The molecule has 0 atom stereocenters. The number of nitrogens with zero attached hydrogens (tertiary/aromatic N) is 4. The average Bonchev–Trinajstić information content (AvgIpc) is 2.16. The third-order valence-corrected chi connectivity index (χ3v) is 1.43. The standard InChI is InChI=1S/C8H3F3N4/c9-8(10,11)6-3-5(1-2-12)14-7(4-13)15-6/h3H,1H2.